The van der Waals surface area contributed by atoms with Crippen LogP contribution in [0.25, 0.3) is 10.8 Å². The third-order valence-corrected chi connectivity index (χ3v) is 13.0. The topological polar surface area (TPSA) is 17.1 Å². The molecule has 0 saturated carbocycles. The summed E-state index contributed by atoms with van der Waals surface area (Å²) in [5.41, 5.74) is 0. The second-order valence-corrected chi connectivity index (χ2v) is 15.0. The molecule has 0 aromatic heterocycles. The van der Waals surface area contributed by atoms with Crippen LogP contribution >= 0.6 is 0 Å². The van der Waals surface area contributed by atoms with Crippen molar-refractivity contribution in [2.45, 2.75) is 101 Å². The van der Waals surface area contributed by atoms with Crippen molar-refractivity contribution in [3.63, 3.8) is 0 Å². The molecule has 0 atom stereocenters. The first-order valence-corrected chi connectivity index (χ1v) is 16.1. The first-order valence-electron chi connectivity index (χ1n) is 11.8. The van der Waals surface area contributed by atoms with Crippen LogP contribution in [0.1, 0.15) is 90.9 Å². The number of fused-ring (bicyclic) bond motifs is 1. The van der Waals surface area contributed by atoms with E-state index >= 15 is 0 Å². The standard InChI is InChI=1S/C26H41AsO/c1-3-5-7-9-11-15-22-27(28,23-16-12-10-8-6-4-2)26-21-17-19-24-18-13-14-20-25(24)26/h13-14,17-21H,3-12,15-16,22-23H2,1-2H3. The molecular weight excluding hydrogens is 403 g/mol. The van der Waals surface area contributed by atoms with Gasteiger partial charge in [-0.1, -0.05) is 0 Å². The molecule has 0 N–H and O–H groups in total. The Bertz CT molecular complexity index is 696. The molecule has 2 rings (SSSR count). The first-order chi connectivity index (χ1) is 13.7. The average molecular weight is 445 g/mol. The number of hydrogen-bond donors (Lipinski definition) is 0. The van der Waals surface area contributed by atoms with Gasteiger partial charge in [0.2, 0.25) is 0 Å². The van der Waals surface area contributed by atoms with Gasteiger partial charge in [0.05, 0.1) is 0 Å². The van der Waals surface area contributed by atoms with Crippen LogP contribution < -0.4 is 4.35 Å². The van der Waals surface area contributed by atoms with Crippen molar-refractivity contribution in [2.24, 2.45) is 0 Å². The Morgan fingerprint density at radius 2 is 1.11 bits per heavy atom. The fourth-order valence-electron chi connectivity index (χ4n) is 4.21. The van der Waals surface area contributed by atoms with E-state index in [9.17, 15) is 3.74 Å². The van der Waals surface area contributed by atoms with Gasteiger partial charge in [-0.05, 0) is 0 Å². The third-order valence-electron chi connectivity index (χ3n) is 5.95. The van der Waals surface area contributed by atoms with Gasteiger partial charge >= 0.3 is 176 Å². The molecule has 0 aliphatic heterocycles. The average Bonchev–Trinajstić information content (AvgIpc) is 2.73. The first kappa shape index (κ1) is 23.3. The molecule has 0 spiro atoms. The molecule has 0 aliphatic rings. The Morgan fingerprint density at radius 3 is 1.71 bits per heavy atom. The predicted molar refractivity (Wildman–Crippen MR) is 126 cm³/mol. The Hall–Kier alpha value is -0.942. The van der Waals surface area contributed by atoms with Gasteiger partial charge in [-0.15, -0.1) is 0 Å². The van der Waals surface area contributed by atoms with Crippen molar-refractivity contribution in [1.82, 2.24) is 0 Å². The van der Waals surface area contributed by atoms with Gasteiger partial charge in [0, 0.05) is 0 Å². The molecule has 0 fully saturated rings. The molecule has 0 heterocycles. The van der Waals surface area contributed by atoms with Gasteiger partial charge in [0.25, 0.3) is 0 Å². The molecule has 2 aromatic rings. The van der Waals surface area contributed by atoms with Gasteiger partial charge in [0.1, 0.15) is 0 Å². The number of rotatable bonds is 15. The van der Waals surface area contributed by atoms with Crippen LogP contribution in [0.2, 0.25) is 10.4 Å². The summed E-state index contributed by atoms with van der Waals surface area (Å²) in [7, 11) is 0. The fourth-order valence-corrected chi connectivity index (χ4v) is 10.9. The second-order valence-electron chi connectivity index (χ2n) is 8.37. The summed E-state index contributed by atoms with van der Waals surface area (Å²) in [6.45, 7) is 4.52. The Kier molecular flexibility index (Phi) is 11.1. The summed E-state index contributed by atoms with van der Waals surface area (Å²) < 4.78 is 15.5. The SMILES string of the molecule is CCCCCCCC[As](=O)(CCCCCCCC)c1cccc2ccccc12. The van der Waals surface area contributed by atoms with E-state index < -0.39 is 13.5 Å². The molecular formula is C26H41AsO. The van der Waals surface area contributed by atoms with E-state index in [1.165, 1.54) is 79.3 Å². The number of hydrogen-bond acceptors (Lipinski definition) is 1. The predicted octanol–water partition coefficient (Wildman–Crippen LogP) is 8.14. The summed E-state index contributed by atoms with van der Waals surface area (Å²) in [5, 5.41) is 4.39. The number of benzene rings is 2. The quantitative estimate of drug-likeness (QED) is 0.200. The number of unbranched alkanes of at least 4 members (excludes halogenated alkanes) is 10. The third kappa shape index (κ3) is 7.47. The van der Waals surface area contributed by atoms with Crippen molar-refractivity contribution in [2.75, 3.05) is 0 Å². The summed E-state index contributed by atoms with van der Waals surface area (Å²) in [6, 6.07) is 15.0. The zero-order chi connectivity index (χ0) is 20.1. The van der Waals surface area contributed by atoms with Crippen LogP contribution in [0.3, 0.4) is 0 Å². The van der Waals surface area contributed by atoms with Gasteiger partial charge in [-0.2, -0.15) is 0 Å². The van der Waals surface area contributed by atoms with Crippen LogP contribution in [0.4, 0.5) is 0 Å². The fraction of sp³-hybridized carbons (Fsp3) is 0.615. The molecule has 0 bridgehead atoms. The second kappa shape index (κ2) is 13.3. The molecule has 0 unspecified atom stereocenters. The maximum atomic E-state index is 14.3. The minimum absolute atomic E-state index is 0.952. The molecule has 0 amide bonds. The van der Waals surface area contributed by atoms with Gasteiger partial charge < -0.3 is 0 Å². The molecule has 156 valence electrons. The Morgan fingerprint density at radius 1 is 0.607 bits per heavy atom. The zero-order valence-corrected chi connectivity index (χ0v) is 20.2. The van der Waals surface area contributed by atoms with E-state index in [1.807, 2.05) is 0 Å². The Labute approximate surface area is 176 Å². The molecule has 1 nitrogen and oxygen atoms in total. The van der Waals surface area contributed by atoms with Crippen LogP contribution in [0.5, 0.6) is 0 Å². The Balaban J connectivity index is 2.05. The van der Waals surface area contributed by atoms with E-state index in [0.717, 1.165) is 23.3 Å². The summed E-state index contributed by atoms with van der Waals surface area (Å²) >= 11 is -3.09. The zero-order valence-electron chi connectivity index (χ0n) is 18.3. The molecule has 2 heteroatoms. The van der Waals surface area contributed by atoms with E-state index in [0.29, 0.717) is 0 Å². The van der Waals surface area contributed by atoms with Crippen LogP contribution in [-0.4, -0.2) is 13.5 Å². The van der Waals surface area contributed by atoms with Gasteiger partial charge in [-0.25, -0.2) is 0 Å². The van der Waals surface area contributed by atoms with Gasteiger partial charge in [-0.3, -0.25) is 0 Å². The van der Waals surface area contributed by atoms with E-state index in [2.05, 4.69) is 56.3 Å². The molecule has 0 radical (unpaired) electrons. The summed E-state index contributed by atoms with van der Waals surface area (Å²) in [5.74, 6) is 0. The molecule has 0 saturated heterocycles. The van der Waals surface area contributed by atoms with E-state index in [4.69, 9.17) is 0 Å². The van der Waals surface area contributed by atoms with Gasteiger partial charge in [0.15, 0.2) is 0 Å². The van der Waals surface area contributed by atoms with Crippen molar-refractivity contribution >= 4 is 28.6 Å². The normalized spacial score (nSPS) is 11.9. The summed E-state index contributed by atoms with van der Waals surface area (Å²) in [6.07, 6.45) is 15.3. The van der Waals surface area contributed by atoms with Crippen molar-refractivity contribution in [3.8, 4) is 0 Å². The van der Waals surface area contributed by atoms with Crippen molar-refractivity contribution in [1.29, 1.82) is 0 Å². The summed E-state index contributed by atoms with van der Waals surface area (Å²) in [4.78, 5) is 0. The maximum absolute atomic E-state index is 14.3. The monoisotopic (exact) mass is 444 g/mol. The van der Waals surface area contributed by atoms with E-state index in [-0.39, 0.29) is 0 Å². The molecule has 2 aromatic carbocycles. The van der Waals surface area contributed by atoms with E-state index in [1.54, 1.807) is 0 Å². The van der Waals surface area contributed by atoms with Crippen LogP contribution in [-0.2, 0) is 3.74 Å². The van der Waals surface area contributed by atoms with Crippen LogP contribution in [0.15, 0.2) is 42.5 Å². The van der Waals surface area contributed by atoms with Crippen LogP contribution in [0, 0.1) is 0 Å². The minimum atomic E-state index is -3.09. The molecule has 0 aliphatic carbocycles. The molecule has 28 heavy (non-hydrogen) atoms. The van der Waals surface area contributed by atoms with Crippen molar-refractivity contribution in [3.05, 3.63) is 42.5 Å². The van der Waals surface area contributed by atoms with Crippen molar-refractivity contribution < 1.29 is 3.74 Å².